The third kappa shape index (κ3) is 40.0. The number of benzene rings is 6. The number of nitrogens with one attached hydrogen (secondary N) is 5. The van der Waals surface area contributed by atoms with Crippen molar-refractivity contribution in [3.05, 3.63) is 167 Å². The lowest BCUT2D eigenvalue weighted by atomic mass is 9.83. The highest BCUT2D eigenvalue weighted by atomic mass is 19.1. The van der Waals surface area contributed by atoms with Crippen LogP contribution < -0.4 is 69.5 Å². The van der Waals surface area contributed by atoms with Gasteiger partial charge in [0, 0.05) is 66.2 Å². The third-order valence-electron chi connectivity index (χ3n) is 27.8. The van der Waals surface area contributed by atoms with E-state index in [1.54, 1.807) is 30.3 Å². The minimum absolute atomic E-state index is 0.0148. The molecule has 0 heterocycles. The molecule has 7 unspecified atom stereocenters. The lowest BCUT2D eigenvalue weighted by Gasteiger charge is -2.33. The van der Waals surface area contributed by atoms with Gasteiger partial charge < -0.3 is 93.1 Å². The zero-order valence-electron chi connectivity index (χ0n) is 87.1. The fourth-order valence-electron chi connectivity index (χ4n) is 21.0. The van der Waals surface area contributed by atoms with Crippen LogP contribution in [0.25, 0.3) is 10.8 Å². The predicted octanol–water partition coefficient (Wildman–Crippen LogP) is 20.7. The molecule has 0 aromatic heterocycles. The van der Waals surface area contributed by atoms with E-state index < -0.39 is 30.5 Å². The number of aryl methyl sites for hydroxylation is 2. The Morgan fingerprint density at radius 3 is 1.22 bits per heavy atom. The van der Waals surface area contributed by atoms with E-state index in [1.165, 1.54) is 216 Å². The van der Waals surface area contributed by atoms with Crippen molar-refractivity contribution in [1.82, 2.24) is 21.3 Å². The molecule has 6 aliphatic rings. The van der Waals surface area contributed by atoms with Crippen molar-refractivity contribution in [3.8, 4) is 17.2 Å². The van der Waals surface area contributed by atoms with Gasteiger partial charge in [0.2, 0.25) is 5.75 Å². The molecule has 0 aliphatic heterocycles. The first kappa shape index (κ1) is 115. The molecule has 24 heteroatoms. The summed E-state index contributed by atoms with van der Waals surface area (Å²) < 4.78 is 59.6. The molecule has 138 heavy (non-hydrogen) atoms. The molecule has 12 atom stereocenters. The molecule has 0 spiro atoms. The maximum atomic E-state index is 13.8. The normalized spacial score (nSPS) is 18.8. The van der Waals surface area contributed by atoms with E-state index in [2.05, 4.69) is 114 Å². The quantitative estimate of drug-likeness (QED) is 0.0170. The van der Waals surface area contributed by atoms with Gasteiger partial charge in [0.15, 0.2) is 42.0 Å². The molecule has 0 radical (unpaired) electrons. The Hall–Kier alpha value is -8.14. The first-order valence-electron chi connectivity index (χ1n) is 52.7. The van der Waals surface area contributed by atoms with Crippen molar-refractivity contribution >= 4 is 46.0 Å². The molecule has 12 rings (SSSR count). The lowest BCUT2D eigenvalue weighted by Crippen LogP contribution is -2.55. The maximum Gasteiger partial charge on any atom is 0.255 e. The average Bonchev–Trinajstić information content (AvgIpc) is 1.18. The van der Waals surface area contributed by atoms with E-state index in [0.717, 1.165) is 62.3 Å². The SMILES string of the molecule is CC(C)OC(C(=O)NC1CCc2ccccc21)[C@H](N)CC1CCCCC1.CC(C)OC(C(=O)NCc1cccc2ccccc12)[C@H](N)CC1CCCCC1.CC(Cc1ccccc1F)NC(=O)C(OC(C)C)[C@H](N)CC1CCCCC1.COc1cc(NC(=O)C(OC(C)C)[C@H](N)CC2CCCCC2)cc(OC)c1OC.Cc1ccc(CC(C)(C)NC(=O)C(OC(C)C)[C@H](N)CC2CCCCC2)cc1. The lowest BCUT2D eigenvalue weighted by molar-refractivity contribution is -0.139. The first-order valence-corrected chi connectivity index (χ1v) is 52.7. The van der Waals surface area contributed by atoms with Crippen LogP contribution in [0.5, 0.6) is 17.2 Å². The van der Waals surface area contributed by atoms with Crippen molar-refractivity contribution in [2.45, 2.75) is 431 Å². The summed E-state index contributed by atoms with van der Waals surface area (Å²) in [4.78, 5) is 65.0. The Balaban J connectivity index is 0.000000212. The number of nitrogens with two attached hydrogens (primary N) is 5. The monoisotopic (exact) mass is 1920 g/mol. The van der Waals surface area contributed by atoms with Crippen LogP contribution in [0.4, 0.5) is 10.1 Å². The van der Waals surface area contributed by atoms with Crippen LogP contribution in [-0.4, -0.2) is 154 Å². The number of hydrogen-bond donors (Lipinski definition) is 10. The first-order chi connectivity index (χ1) is 66.0. The predicted molar refractivity (Wildman–Crippen MR) is 557 cm³/mol. The van der Waals surface area contributed by atoms with Crippen LogP contribution >= 0.6 is 0 Å². The van der Waals surface area contributed by atoms with Crippen LogP contribution in [-0.2, 0) is 73.5 Å². The minimum atomic E-state index is -0.726. The number of carbonyl (C=O) groups excluding carboxylic acids is 5. The van der Waals surface area contributed by atoms with E-state index in [0.29, 0.717) is 71.1 Å². The second kappa shape index (κ2) is 60.3. The van der Waals surface area contributed by atoms with Gasteiger partial charge in [-0.3, -0.25) is 24.0 Å². The summed E-state index contributed by atoms with van der Waals surface area (Å²) >= 11 is 0. The summed E-state index contributed by atoms with van der Waals surface area (Å²) in [5, 5.41) is 17.7. The van der Waals surface area contributed by atoms with Crippen LogP contribution in [0.1, 0.15) is 328 Å². The zero-order chi connectivity index (χ0) is 100. The number of hydrogen-bond acceptors (Lipinski definition) is 18. The van der Waals surface area contributed by atoms with Crippen molar-refractivity contribution in [3.63, 3.8) is 0 Å². The van der Waals surface area contributed by atoms with E-state index in [9.17, 15) is 28.4 Å². The standard InChI is InChI=1S/C24H34N2O2.C24H40N2O2.C22H35FN2O2.C22H36N2O5.C22H34N2O2/c1-17(2)28-23(22(25)15-18-9-4-3-5-10-18)24(27)26-16-20-13-8-12-19-11-6-7-14-21(19)20;1-17(2)28-22(21(25)15-19-9-7-6-8-10-19)23(27)26-24(4,5)16-20-13-11-18(3)12-14-20;1-15(2)27-21(20(24)14-17-9-5-4-6-10-17)22(26)25-16(3)13-18-11-7-8-12-19(18)23;1-14(2)29-20(17(23)11-15-9-7-6-8-10-15)22(25)24-16-12-18(26-3)21(28-5)19(13-16)27-4;1-15(2)26-21(19(23)14-16-8-4-3-5-9-16)22(25)24-20-13-12-17-10-6-7-11-18(17)20/h6-8,11-14,17-18,22-23H,3-5,9-10,15-16,25H2,1-2H3,(H,26,27);11-14,17,19,21-22H,6-10,15-16,25H2,1-5H3,(H,26,27);7-8,11-12,15-17,20-21H,4-6,9-10,13-14,24H2,1-3H3,(H,25,26);12-15,17,20H,6-11,23H2,1-5H3,(H,24,25);6-7,10-11,15-16,19-21H,3-5,8-9,12-14,23H2,1-2H3,(H,24,25)/t22-,23?;21-,22?;16?,20-,21?;17-,20?;19-,20?,21?/m11111/s1. The van der Waals surface area contributed by atoms with Gasteiger partial charge >= 0.3 is 0 Å². The molecule has 6 aromatic carbocycles. The molecule has 5 amide bonds. The van der Waals surface area contributed by atoms with Gasteiger partial charge in [-0.15, -0.1) is 0 Å². The summed E-state index contributed by atoms with van der Waals surface area (Å²) in [5.74, 6) is 3.46. The van der Waals surface area contributed by atoms with E-state index in [4.69, 9.17) is 66.6 Å². The fourth-order valence-corrected chi connectivity index (χ4v) is 21.0. The Morgan fingerprint density at radius 1 is 0.413 bits per heavy atom. The average molecular weight is 1920 g/mol. The van der Waals surface area contributed by atoms with Crippen molar-refractivity contribution in [2.24, 2.45) is 58.3 Å². The van der Waals surface area contributed by atoms with Crippen LogP contribution in [0, 0.1) is 42.3 Å². The molecule has 6 aromatic rings. The zero-order valence-corrected chi connectivity index (χ0v) is 87.1. The minimum Gasteiger partial charge on any atom is -0.493 e. The summed E-state index contributed by atoms with van der Waals surface area (Å²) in [6, 6.07) is 39.7. The topological polar surface area (TPSA) is 349 Å². The Kier molecular flexibility index (Phi) is 50.3. The summed E-state index contributed by atoms with van der Waals surface area (Å²) in [5.41, 5.74) is 39.2. The van der Waals surface area contributed by atoms with Gasteiger partial charge in [0.25, 0.3) is 29.5 Å². The molecule has 770 valence electrons. The van der Waals surface area contributed by atoms with Gasteiger partial charge in [-0.25, -0.2) is 4.39 Å². The number of rotatable bonds is 43. The molecule has 0 bridgehead atoms. The summed E-state index contributed by atoms with van der Waals surface area (Å²) in [7, 11) is 4.61. The second-order valence-corrected chi connectivity index (χ2v) is 42.3. The number of ether oxygens (including phenoxy) is 8. The van der Waals surface area contributed by atoms with Gasteiger partial charge in [-0.1, -0.05) is 275 Å². The van der Waals surface area contributed by atoms with Gasteiger partial charge in [-0.2, -0.15) is 0 Å². The number of anilines is 1. The molecule has 6 aliphatic carbocycles. The Morgan fingerprint density at radius 2 is 0.790 bits per heavy atom. The number of methoxy groups -OCH3 is 3. The fraction of sp³-hybridized carbons (Fsp3) is 0.658. The Bertz CT molecular complexity index is 4490. The molecular formula is C114H179FN10O13. The molecule has 5 saturated carbocycles. The highest BCUT2D eigenvalue weighted by Crippen LogP contribution is 2.41. The molecule has 0 saturated heterocycles. The van der Waals surface area contributed by atoms with Crippen molar-refractivity contribution in [2.75, 3.05) is 26.6 Å². The Labute approximate surface area is 828 Å². The van der Waals surface area contributed by atoms with Crippen molar-refractivity contribution < 1.29 is 66.3 Å². The second-order valence-electron chi connectivity index (χ2n) is 42.3. The van der Waals surface area contributed by atoms with Gasteiger partial charge in [-0.05, 0) is 229 Å². The molecule has 15 N–H and O–H groups in total. The van der Waals surface area contributed by atoms with Crippen LogP contribution in [0.3, 0.4) is 0 Å². The number of amides is 5. The number of halogens is 1. The highest BCUT2D eigenvalue weighted by Gasteiger charge is 2.39. The number of carbonyl (C=O) groups is 5. The molecular weight excluding hydrogens is 1740 g/mol. The smallest absolute Gasteiger partial charge is 0.255 e. The van der Waals surface area contributed by atoms with Crippen LogP contribution in [0.2, 0.25) is 0 Å². The highest BCUT2D eigenvalue weighted by molar-refractivity contribution is 5.95. The summed E-state index contributed by atoms with van der Waals surface area (Å²) in [6.45, 7) is 28.0. The molecule has 5 fully saturated rings. The van der Waals surface area contributed by atoms with Gasteiger partial charge in [0.1, 0.15) is 5.82 Å². The third-order valence-corrected chi connectivity index (χ3v) is 27.8. The summed E-state index contributed by atoms with van der Waals surface area (Å²) in [6.07, 6.45) is 35.3. The maximum absolute atomic E-state index is 13.8. The van der Waals surface area contributed by atoms with Gasteiger partial charge in [0.05, 0.1) is 57.9 Å². The van der Waals surface area contributed by atoms with E-state index in [-0.39, 0.29) is 114 Å². The number of fused-ring (bicyclic) bond motifs is 2. The van der Waals surface area contributed by atoms with Crippen molar-refractivity contribution in [1.29, 1.82) is 0 Å². The molecule has 23 nitrogen and oxygen atoms in total. The van der Waals surface area contributed by atoms with E-state index >= 15 is 0 Å². The van der Waals surface area contributed by atoms with E-state index in [1.807, 2.05) is 100 Å². The van der Waals surface area contributed by atoms with Crippen LogP contribution in [0.15, 0.2) is 127 Å². The largest absolute Gasteiger partial charge is 0.493 e.